The first-order valence-corrected chi connectivity index (χ1v) is 6.53. The number of alkyl halides is 3. The van der Waals surface area contributed by atoms with Crippen LogP contribution in [-0.4, -0.2) is 37.0 Å². The highest BCUT2D eigenvalue weighted by molar-refractivity contribution is 7.47. The third-order valence-corrected chi connectivity index (χ3v) is 3.18. The van der Waals surface area contributed by atoms with E-state index in [9.17, 15) is 0 Å². The van der Waals surface area contributed by atoms with E-state index in [-0.39, 0.29) is 0 Å². The molecular weight excluding hydrogens is 241 g/mol. The van der Waals surface area contributed by atoms with Crippen LogP contribution in [0.2, 0.25) is 0 Å². The maximum atomic E-state index is 5.54. The van der Waals surface area contributed by atoms with Gasteiger partial charge >= 0.3 is 0 Å². The van der Waals surface area contributed by atoms with E-state index in [1.54, 1.807) is 0 Å². The Bertz CT molecular complexity index is 88.9. The molecule has 12 heavy (non-hydrogen) atoms. The first-order valence-electron chi connectivity index (χ1n) is 3.56. The fraction of sp³-hybridized carbons (Fsp3) is 1.00. The molecule has 0 aliphatic carbocycles. The number of halogens is 3. The Kier molecular flexibility index (Phi) is 11.3. The van der Waals surface area contributed by atoms with E-state index in [1.165, 1.54) is 0 Å². The predicted octanol–water partition coefficient (Wildman–Crippen LogP) is 3.05. The highest BCUT2D eigenvalue weighted by atomic mass is 35.5. The lowest BCUT2D eigenvalue weighted by Gasteiger charge is -2.14. The van der Waals surface area contributed by atoms with E-state index in [1.807, 2.05) is 0 Å². The summed E-state index contributed by atoms with van der Waals surface area (Å²) in [5, 5.41) is 0. The molecule has 0 radical (unpaired) electrons. The topological polar surface area (TPSA) is 18.5 Å². The summed E-state index contributed by atoms with van der Waals surface area (Å²) in [6, 6.07) is 0. The molecule has 2 nitrogen and oxygen atoms in total. The molecule has 0 amide bonds. The van der Waals surface area contributed by atoms with Crippen LogP contribution >= 0.6 is 43.2 Å². The van der Waals surface area contributed by atoms with E-state index in [4.69, 9.17) is 43.9 Å². The molecule has 6 heteroatoms. The number of hydrogen-bond donors (Lipinski definition) is 0. The zero-order valence-corrected chi connectivity index (χ0v) is 9.80. The van der Waals surface area contributed by atoms with Gasteiger partial charge in [-0.15, -0.1) is 34.8 Å². The van der Waals surface area contributed by atoms with E-state index < -0.39 is 8.38 Å². The Morgan fingerprint density at radius 2 is 1.33 bits per heavy atom. The third kappa shape index (κ3) is 7.85. The number of hydrogen-bond acceptors (Lipinski definition) is 2. The van der Waals surface area contributed by atoms with Crippen LogP contribution in [0.5, 0.6) is 0 Å². The molecule has 0 rings (SSSR count). The quantitative estimate of drug-likeness (QED) is 0.489. The fourth-order valence-electron chi connectivity index (χ4n) is 0.508. The standard InChI is InChI=1S/C6H12Cl3O2P/c7-1-4-10-12(6-3-9)11-5-2-8/h1-6H2. The highest BCUT2D eigenvalue weighted by Crippen LogP contribution is 2.37. The van der Waals surface area contributed by atoms with Crippen LogP contribution in [0.4, 0.5) is 0 Å². The van der Waals surface area contributed by atoms with Crippen molar-refractivity contribution in [2.24, 2.45) is 0 Å². The molecule has 0 atom stereocenters. The normalized spacial score (nSPS) is 11.0. The maximum absolute atomic E-state index is 5.54. The minimum absolute atomic E-state index is 0.478. The molecule has 0 spiro atoms. The van der Waals surface area contributed by atoms with Gasteiger partial charge < -0.3 is 9.05 Å². The molecule has 0 aromatic rings. The van der Waals surface area contributed by atoms with Gasteiger partial charge in [0, 0.05) is 23.8 Å². The lowest BCUT2D eigenvalue weighted by atomic mass is 10.9. The van der Waals surface area contributed by atoms with E-state index in [0.717, 1.165) is 6.16 Å². The van der Waals surface area contributed by atoms with E-state index in [0.29, 0.717) is 30.9 Å². The number of rotatable bonds is 8. The molecule has 0 N–H and O–H groups in total. The summed E-state index contributed by atoms with van der Waals surface area (Å²) < 4.78 is 10.6. The second-order valence-corrected chi connectivity index (χ2v) is 4.55. The summed E-state index contributed by atoms with van der Waals surface area (Å²) in [5.74, 6) is 1.49. The third-order valence-electron chi connectivity index (χ3n) is 0.892. The first kappa shape index (κ1) is 13.2. The van der Waals surface area contributed by atoms with Crippen LogP contribution in [-0.2, 0) is 9.05 Å². The Balaban J connectivity index is 3.40. The van der Waals surface area contributed by atoms with Crippen LogP contribution in [0.25, 0.3) is 0 Å². The summed E-state index contributed by atoms with van der Waals surface area (Å²) >= 11 is 16.4. The van der Waals surface area contributed by atoms with Crippen molar-refractivity contribution < 1.29 is 9.05 Å². The smallest absolute Gasteiger partial charge is 0.171 e. The monoisotopic (exact) mass is 252 g/mol. The minimum atomic E-state index is -0.873. The Morgan fingerprint density at radius 3 is 1.67 bits per heavy atom. The molecule has 74 valence electrons. The zero-order chi connectivity index (χ0) is 9.23. The van der Waals surface area contributed by atoms with Crippen molar-refractivity contribution in [3.63, 3.8) is 0 Å². The van der Waals surface area contributed by atoms with E-state index >= 15 is 0 Å². The summed E-state index contributed by atoms with van der Waals surface area (Å²) in [4.78, 5) is 0. The van der Waals surface area contributed by atoms with Crippen LogP contribution in [0.1, 0.15) is 0 Å². The highest BCUT2D eigenvalue weighted by Gasteiger charge is 2.08. The fourth-order valence-corrected chi connectivity index (χ4v) is 2.35. The van der Waals surface area contributed by atoms with Crippen molar-refractivity contribution in [2.75, 3.05) is 37.0 Å². The molecule has 0 fully saturated rings. The zero-order valence-electron chi connectivity index (χ0n) is 6.64. The van der Waals surface area contributed by atoms with Gasteiger partial charge in [-0.1, -0.05) is 0 Å². The molecule has 0 aliphatic heterocycles. The minimum Gasteiger partial charge on any atom is -0.333 e. The van der Waals surface area contributed by atoms with Crippen molar-refractivity contribution in [1.29, 1.82) is 0 Å². The molecule has 0 saturated carbocycles. The van der Waals surface area contributed by atoms with Crippen LogP contribution < -0.4 is 0 Å². The molecule has 0 heterocycles. The molecule has 0 bridgehead atoms. The van der Waals surface area contributed by atoms with Crippen molar-refractivity contribution >= 4 is 43.2 Å². The lowest BCUT2D eigenvalue weighted by Crippen LogP contribution is -2.00. The average Bonchev–Trinajstić information content (AvgIpc) is 2.10. The molecule has 0 aromatic heterocycles. The molecule has 0 unspecified atom stereocenters. The Morgan fingerprint density at radius 1 is 0.833 bits per heavy atom. The molecule has 0 aliphatic rings. The van der Waals surface area contributed by atoms with Gasteiger partial charge in [0.2, 0.25) is 0 Å². The van der Waals surface area contributed by atoms with Crippen molar-refractivity contribution in [3.8, 4) is 0 Å². The SMILES string of the molecule is ClCCOP(CCCl)OCCCl. The van der Waals surface area contributed by atoms with Crippen LogP contribution in [0, 0.1) is 0 Å². The summed E-state index contributed by atoms with van der Waals surface area (Å²) in [5.41, 5.74) is 0. The van der Waals surface area contributed by atoms with Gasteiger partial charge in [0.25, 0.3) is 0 Å². The van der Waals surface area contributed by atoms with Gasteiger partial charge in [-0.3, -0.25) is 0 Å². The summed E-state index contributed by atoms with van der Waals surface area (Å²) in [6.45, 7) is 1.01. The summed E-state index contributed by atoms with van der Waals surface area (Å²) in [6.07, 6.45) is 0.727. The van der Waals surface area contributed by atoms with Gasteiger partial charge in [0.1, 0.15) is 0 Å². The van der Waals surface area contributed by atoms with Crippen LogP contribution in [0.3, 0.4) is 0 Å². The van der Waals surface area contributed by atoms with Gasteiger partial charge in [-0.25, -0.2) is 0 Å². The van der Waals surface area contributed by atoms with E-state index in [2.05, 4.69) is 0 Å². The second-order valence-electron chi connectivity index (χ2n) is 1.79. The molecule has 0 saturated heterocycles. The lowest BCUT2D eigenvalue weighted by molar-refractivity contribution is 0.273. The van der Waals surface area contributed by atoms with Crippen molar-refractivity contribution in [1.82, 2.24) is 0 Å². The van der Waals surface area contributed by atoms with Crippen LogP contribution in [0.15, 0.2) is 0 Å². The largest absolute Gasteiger partial charge is 0.333 e. The maximum Gasteiger partial charge on any atom is 0.171 e. The van der Waals surface area contributed by atoms with Gasteiger partial charge in [-0.05, 0) is 0 Å². The molecular formula is C6H12Cl3O2P. The first-order chi connectivity index (χ1) is 5.85. The predicted molar refractivity (Wildman–Crippen MR) is 55.9 cm³/mol. The Hall–Kier alpha value is 1.22. The van der Waals surface area contributed by atoms with Crippen molar-refractivity contribution in [3.05, 3.63) is 0 Å². The average molecular weight is 253 g/mol. The molecule has 0 aromatic carbocycles. The van der Waals surface area contributed by atoms with Gasteiger partial charge in [-0.2, -0.15) is 0 Å². The second kappa shape index (κ2) is 10.3. The Labute approximate surface area is 89.4 Å². The summed E-state index contributed by atoms with van der Waals surface area (Å²) in [7, 11) is -0.873. The van der Waals surface area contributed by atoms with Crippen molar-refractivity contribution in [2.45, 2.75) is 0 Å². The van der Waals surface area contributed by atoms with Gasteiger partial charge in [0.05, 0.1) is 13.2 Å². The van der Waals surface area contributed by atoms with Gasteiger partial charge in [0.15, 0.2) is 8.38 Å².